The molecule has 0 atom stereocenters. The molecule has 259 valence electrons. The van der Waals surface area contributed by atoms with Gasteiger partial charge in [0.2, 0.25) is 0 Å². The number of para-hydroxylation sites is 2. The molecule has 5 aromatic rings. The van der Waals surface area contributed by atoms with Crippen molar-refractivity contribution in [2.24, 2.45) is 9.98 Å². The number of aromatic nitrogens is 2. The normalized spacial score (nSPS) is 12.9. The van der Waals surface area contributed by atoms with Gasteiger partial charge in [-0.3, -0.25) is 9.98 Å². The maximum absolute atomic E-state index is 13.8. The summed E-state index contributed by atoms with van der Waals surface area (Å²) < 4.78 is 0. The Labute approximate surface area is 309 Å². The SMILES string of the molecule is CC(C)(C)c1cc(C=Nc2cc3nc4ccccc4nc3cc2N=Cc2cc(C(C)(C)C)cc(C(C)(C)C)c2[O-])c([O-])c(C(C)(C)C)c1.[O-2].[V+4]. The summed E-state index contributed by atoms with van der Waals surface area (Å²) in [4.78, 5) is 19.5. The third kappa shape index (κ3) is 8.63. The van der Waals surface area contributed by atoms with E-state index in [1.54, 1.807) is 12.4 Å². The van der Waals surface area contributed by atoms with E-state index >= 15 is 0 Å². The van der Waals surface area contributed by atoms with Crippen molar-refractivity contribution in [2.75, 3.05) is 0 Å². The van der Waals surface area contributed by atoms with Crippen LogP contribution in [0, 0.1) is 0 Å². The van der Waals surface area contributed by atoms with Crippen molar-refractivity contribution < 1.29 is 34.2 Å². The number of fused-ring (bicyclic) bond motifs is 2. The molecule has 0 aliphatic rings. The fourth-order valence-electron chi connectivity index (χ4n) is 5.61. The molecule has 0 saturated carbocycles. The van der Waals surface area contributed by atoms with Gasteiger partial charge in [0.25, 0.3) is 0 Å². The first-order valence-corrected chi connectivity index (χ1v) is 16.6. The molecule has 0 N–H and O–H groups in total. The predicted octanol–water partition coefficient (Wildman–Crippen LogP) is 9.50. The van der Waals surface area contributed by atoms with E-state index in [2.05, 4.69) is 83.1 Å². The molecule has 0 bridgehead atoms. The van der Waals surface area contributed by atoms with Crippen molar-refractivity contribution in [3.63, 3.8) is 0 Å². The van der Waals surface area contributed by atoms with Gasteiger partial charge in [-0.1, -0.05) is 131 Å². The molecule has 0 unspecified atom stereocenters. The van der Waals surface area contributed by atoms with Gasteiger partial charge >= 0.3 is 18.6 Å². The van der Waals surface area contributed by atoms with Crippen LogP contribution in [0.15, 0.2) is 70.6 Å². The van der Waals surface area contributed by atoms with E-state index in [0.29, 0.717) is 33.5 Å². The zero-order chi connectivity index (χ0) is 35.4. The maximum Gasteiger partial charge on any atom is 4.00 e. The van der Waals surface area contributed by atoms with Crippen molar-refractivity contribution in [3.05, 3.63) is 94.0 Å². The topological polar surface area (TPSA) is 125 Å². The monoisotopic (exact) mass is 707 g/mol. The number of hydrogen-bond acceptors (Lipinski definition) is 6. The van der Waals surface area contributed by atoms with Crippen LogP contribution < -0.4 is 10.2 Å². The molecule has 0 aliphatic heterocycles. The van der Waals surface area contributed by atoms with Crippen LogP contribution in [0.3, 0.4) is 0 Å². The van der Waals surface area contributed by atoms with E-state index in [-0.39, 0.29) is 57.2 Å². The molecular weight excluding hydrogens is 659 g/mol. The van der Waals surface area contributed by atoms with Gasteiger partial charge in [0.05, 0.1) is 33.4 Å². The van der Waals surface area contributed by atoms with Crippen LogP contribution in [0.4, 0.5) is 11.4 Å². The quantitative estimate of drug-likeness (QED) is 0.136. The number of aliphatic imine (C=N–C) groups is 2. The fraction of sp³-hybridized carbons (Fsp3) is 0.381. The number of benzene rings is 4. The van der Waals surface area contributed by atoms with Gasteiger partial charge in [-0.2, -0.15) is 0 Å². The smallest absolute Gasteiger partial charge is 2.00 e. The van der Waals surface area contributed by atoms with Gasteiger partial charge in [-0.15, -0.1) is 0 Å². The van der Waals surface area contributed by atoms with Crippen molar-refractivity contribution in [1.29, 1.82) is 0 Å². The second-order valence-corrected chi connectivity index (χ2v) is 16.9. The number of hydrogen-bond donors (Lipinski definition) is 0. The first-order valence-electron chi connectivity index (χ1n) is 16.6. The van der Waals surface area contributed by atoms with Crippen molar-refractivity contribution in [1.82, 2.24) is 9.97 Å². The Balaban J connectivity index is 0.00000338. The molecule has 0 fully saturated rings. The standard InChI is InChI=1S/C42H50N4O2.O.V/c1-39(2,3)27-17-25(37(47)29(19-27)41(7,8)9)23-43-33-21-35-36(46-32-16-14-13-15-31(32)45-35)22-34(33)44-24-26-18-28(40(4,5)6)20-30(38(26)48)42(10,11)12;;/h13-24,47-48H,1-12H3;;/q;-2;+4/p-2. The zero-order valence-electron chi connectivity index (χ0n) is 31.4. The van der Waals surface area contributed by atoms with E-state index in [1.165, 1.54) is 0 Å². The number of nitrogens with zero attached hydrogens (tertiary/aromatic N) is 4. The van der Waals surface area contributed by atoms with Gasteiger partial charge in [-0.25, -0.2) is 9.97 Å². The van der Waals surface area contributed by atoms with E-state index in [4.69, 9.17) is 20.0 Å². The first kappa shape index (κ1) is 40.4. The summed E-state index contributed by atoms with van der Waals surface area (Å²) in [5, 5.41) is 27.5. The third-order valence-electron chi connectivity index (χ3n) is 8.70. The average Bonchev–Trinajstić information content (AvgIpc) is 2.96. The predicted molar refractivity (Wildman–Crippen MR) is 199 cm³/mol. The minimum Gasteiger partial charge on any atom is -2.00 e. The van der Waals surface area contributed by atoms with Crippen molar-refractivity contribution >= 4 is 45.9 Å². The minimum absolute atomic E-state index is 0. The van der Waals surface area contributed by atoms with Gasteiger partial charge in [0.1, 0.15) is 0 Å². The second-order valence-electron chi connectivity index (χ2n) is 16.9. The zero-order valence-corrected chi connectivity index (χ0v) is 32.8. The molecule has 5 rings (SSSR count). The van der Waals surface area contributed by atoms with Crippen LogP contribution in [0.25, 0.3) is 22.1 Å². The van der Waals surface area contributed by atoms with Crippen molar-refractivity contribution in [3.8, 4) is 11.5 Å². The van der Waals surface area contributed by atoms with Crippen LogP contribution >= 0.6 is 0 Å². The van der Waals surface area contributed by atoms with Crippen LogP contribution in [-0.2, 0) is 45.7 Å². The summed E-state index contributed by atoms with van der Waals surface area (Å²) in [7, 11) is 0. The summed E-state index contributed by atoms with van der Waals surface area (Å²) >= 11 is 0. The first-order chi connectivity index (χ1) is 22.1. The molecule has 4 aromatic carbocycles. The molecule has 0 spiro atoms. The summed E-state index contributed by atoms with van der Waals surface area (Å²) in [6, 6.07) is 19.4. The largest absolute Gasteiger partial charge is 4.00 e. The van der Waals surface area contributed by atoms with Gasteiger partial charge in [0, 0.05) is 12.4 Å². The Hall–Kier alpha value is -4.04. The Morgan fingerprint density at radius 2 is 0.840 bits per heavy atom. The molecule has 0 saturated heterocycles. The molecule has 1 aromatic heterocycles. The Bertz CT molecular complexity index is 1940. The summed E-state index contributed by atoms with van der Waals surface area (Å²) in [5.41, 5.74) is 7.61. The van der Waals surface area contributed by atoms with Gasteiger partial charge in [-0.05, 0) is 79.3 Å². The van der Waals surface area contributed by atoms with Gasteiger partial charge in [0.15, 0.2) is 0 Å². The van der Waals surface area contributed by atoms with Crippen LogP contribution in [0.5, 0.6) is 11.5 Å². The van der Waals surface area contributed by atoms with Crippen LogP contribution in [-0.4, -0.2) is 22.4 Å². The summed E-state index contributed by atoms with van der Waals surface area (Å²) in [5.74, 6) is -0.0823. The fourth-order valence-corrected chi connectivity index (χ4v) is 5.61. The molecule has 0 aliphatic carbocycles. The van der Waals surface area contributed by atoms with E-state index < -0.39 is 0 Å². The van der Waals surface area contributed by atoms with E-state index in [0.717, 1.165) is 33.3 Å². The van der Waals surface area contributed by atoms with Gasteiger partial charge < -0.3 is 15.7 Å². The second kappa shape index (κ2) is 14.3. The molecule has 1 radical (unpaired) electrons. The Kier molecular flexibility index (Phi) is 11.6. The van der Waals surface area contributed by atoms with E-state index in [9.17, 15) is 10.2 Å². The molecule has 50 heavy (non-hydrogen) atoms. The van der Waals surface area contributed by atoms with Crippen molar-refractivity contribution in [2.45, 2.75) is 105 Å². The summed E-state index contributed by atoms with van der Waals surface area (Å²) in [6.07, 6.45) is 3.27. The molecule has 1 heterocycles. The van der Waals surface area contributed by atoms with Crippen LogP contribution in [0.1, 0.15) is 116 Å². The molecule has 0 amide bonds. The van der Waals surface area contributed by atoms with Crippen LogP contribution in [0.2, 0.25) is 0 Å². The molecule has 8 heteroatoms. The summed E-state index contributed by atoms with van der Waals surface area (Å²) in [6.45, 7) is 25.2. The Morgan fingerprint density at radius 1 is 0.500 bits per heavy atom. The Morgan fingerprint density at radius 3 is 1.14 bits per heavy atom. The molecular formula is C42H48N4O3V. The minimum atomic E-state index is -0.334. The number of rotatable bonds is 4. The maximum atomic E-state index is 13.8. The average molecular weight is 708 g/mol. The molecule has 7 nitrogen and oxygen atoms in total. The van der Waals surface area contributed by atoms with E-state index in [1.807, 2.05) is 60.7 Å². The third-order valence-corrected chi connectivity index (χ3v) is 8.70.